The van der Waals surface area contributed by atoms with Crippen molar-refractivity contribution in [3.8, 4) is 0 Å². The first-order valence-electron chi connectivity index (χ1n) is 6.44. The third kappa shape index (κ3) is 1.69. The van der Waals surface area contributed by atoms with Gasteiger partial charge in [0, 0.05) is 0 Å². The van der Waals surface area contributed by atoms with Crippen molar-refractivity contribution in [3.63, 3.8) is 0 Å². The molecule has 0 aromatic rings. The van der Waals surface area contributed by atoms with Crippen LogP contribution in [0.3, 0.4) is 0 Å². The van der Waals surface area contributed by atoms with Crippen molar-refractivity contribution >= 4 is 12.1 Å². The largest absolute Gasteiger partial charge is 0.533 e. The summed E-state index contributed by atoms with van der Waals surface area (Å²) in [6, 6.07) is 0. The van der Waals surface area contributed by atoms with Gasteiger partial charge in [-0.15, -0.1) is 0 Å². The molecule has 0 aromatic carbocycles. The monoisotopic (exact) mass is 251 g/mol. The van der Waals surface area contributed by atoms with Gasteiger partial charge in [-0.2, -0.15) is 5.06 Å². The van der Waals surface area contributed by atoms with Crippen LogP contribution in [0.15, 0.2) is 12.2 Å². The summed E-state index contributed by atoms with van der Waals surface area (Å²) in [6.45, 7) is 3.99. The Kier molecular flexibility index (Phi) is 2.57. The number of nitrogens with zero attached hydrogens (tertiary/aromatic N) is 1. The van der Waals surface area contributed by atoms with Crippen molar-refractivity contribution < 1.29 is 19.2 Å². The summed E-state index contributed by atoms with van der Waals surface area (Å²) in [4.78, 5) is 28.5. The highest BCUT2D eigenvalue weighted by Gasteiger charge is 2.55. The zero-order chi connectivity index (χ0) is 12.9. The first-order valence-corrected chi connectivity index (χ1v) is 6.44. The van der Waals surface area contributed by atoms with E-state index in [2.05, 4.69) is 12.2 Å². The van der Waals surface area contributed by atoms with Crippen LogP contribution in [0.1, 0.15) is 20.3 Å². The molecule has 1 saturated heterocycles. The molecule has 1 heterocycles. The minimum absolute atomic E-state index is 0.00634. The highest BCUT2D eigenvalue weighted by atomic mass is 16.8. The molecule has 3 aliphatic rings. The van der Waals surface area contributed by atoms with Crippen molar-refractivity contribution in [2.45, 2.75) is 26.4 Å². The summed E-state index contributed by atoms with van der Waals surface area (Å²) < 4.78 is 4.88. The quantitative estimate of drug-likeness (QED) is 0.554. The Labute approximate surface area is 106 Å². The molecule has 2 aliphatic carbocycles. The number of ether oxygens (including phenoxy) is 1. The number of hydroxylamine groups is 2. The molecule has 5 nitrogen and oxygen atoms in total. The molecule has 0 spiro atoms. The number of amides is 1. The molecular formula is C13H17NO4. The summed E-state index contributed by atoms with van der Waals surface area (Å²) in [5.74, 6) is 1.05. The van der Waals surface area contributed by atoms with Crippen LogP contribution in [0.25, 0.3) is 0 Å². The minimum Gasteiger partial charge on any atom is -0.430 e. The minimum atomic E-state index is -0.793. The van der Waals surface area contributed by atoms with Crippen LogP contribution in [0, 0.1) is 23.7 Å². The molecule has 4 unspecified atom stereocenters. The highest BCUT2D eigenvalue weighted by molar-refractivity contribution is 5.83. The Balaban J connectivity index is 1.64. The average Bonchev–Trinajstić information content (AvgIpc) is 2.92. The first kappa shape index (κ1) is 11.6. The molecule has 4 atom stereocenters. The number of hydrogen-bond donors (Lipinski definition) is 0. The fraction of sp³-hybridized carbons (Fsp3) is 0.692. The molecule has 5 heteroatoms. The van der Waals surface area contributed by atoms with Gasteiger partial charge in [0.1, 0.15) is 0 Å². The molecule has 1 aliphatic heterocycles. The Morgan fingerprint density at radius 1 is 1.39 bits per heavy atom. The van der Waals surface area contributed by atoms with Crippen molar-refractivity contribution in [2.24, 2.45) is 23.7 Å². The second-order valence-corrected chi connectivity index (χ2v) is 5.55. The van der Waals surface area contributed by atoms with Crippen LogP contribution in [0.4, 0.5) is 4.79 Å². The third-order valence-corrected chi connectivity index (χ3v) is 4.05. The van der Waals surface area contributed by atoms with Gasteiger partial charge in [0.25, 0.3) is 5.91 Å². The zero-order valence-corrected chi connectivity index (χ0v) is 10.5. The van der Waals surface area contributed by atoms with Gasteiger partial charge in [-0.25, -0.2) is 4.79 Å². The Bertz CT molecular complexity index is 417. The number of rotatable bonds is 2. The summed E-state index contributed by atoms with van der Waals surface area (Å²) >= 11 is 0. The topological polar surface area (TPSA) is 55.8 Å². The molecule has 1 amide bonds. The van der Waals surface area contributed by atoms with E-state index in [0.29, 0.717) is 24.3 Å². The van der Waals surface area contributed by atoms with Crippen LogP contribution < -0.4 is 0 Å². The lowest BCUT2D eigenvalue weighted by Crippen LogP contribution is -2.32. The molecule has 1 saturated carbocycles. The van der Waals surface area contributed by atoms with Gasteiger partial charge in [0.05, 0.1) is 18.6 Å². The molecule has 3 rings (SSSR count). The maximum atomic E-state index is 12.2. The number of hydrogen-bond acceptors (Lipinski definition) is 4. The predicted molar refractivity (Wildman–Crippen MR) is 62.1 cm³/mol. The third-order valence-electron chi connectivity index (χ3n) is 4.05. The lowest BCUT2D eigenvalue weighted by molar-refractivity contribution is -0.169. The molecule has 2 fully saturated rings. The standard InChI is InChI=1S/C13H17NO4/c1-7(2)17-13(16)18-14-6-10-8-3-4-9(5-8)11(10)12(14)15/h3-4,7-11H,5-6H2,1-2H3. The lowest BCUT2D eigenvalue weighted by atomic mass is 9.86. The molecule has 18 heavy (non-hydrogen) atoms. The Morgan fingerprint density at radius 2 is 2.11 bits per heavy atom. The number of carbonyl (C=O) groups is 2. The second kappa shape index (κ2) is 4.00. The second-order valence-electron chi connectivity index (χ2n) is 5.55. The molecule has 98 valence electrons. The molecule has 0 radical (unpaired) electrons. The van der Waals surface area contributed by atoms with E-state index in [1.165, 1.54) is 5.06 Å². The number of carbonyl (C=O) groups excluding carboxylic acids is 2. The van der Waals surface area contributed by atoms with E-state index in [1.54, 1.807) is 13.8 Å². The van der Waals surface area contributed by atoms with E-state index in [0.717, 1.165) is 6.42 Å². The van der Waals surface area contributed by atoms with Crippen molar-refractivity contribution in [3.05, 3.63) is 12.2 Å². The highest BCUT2D eigenvalue weighted by Crippen LogP contribution is 2.51. The van der Waals surface area contributed by atoms with Crippen molar-refractivity contribution in [1.82, 2.24) is 5.06 Å². The maximum absolute atomic E-state index is 12.2. The smallest absolute Gasteiger partial charge is 0.430 e. The van der Waals surface area contributed by atoms with Crippen molar-refractivity contribution in [2.75, 3.05) is 6.54 Å². The van der Waals surface area contributed by atoms with Gasteiger partial charge in [-0.3, -0.25) is 4.79 Å². The van der Waals surface area contributed by atoms with Crippen LogP contribution >= 0.6 is 0 Å². The van der Waals surface area contributed by atoms with Gasteiger partial charge in [0.15, 0.2) is 0 Å². The normalized spacial score (nSPS) is 36.4. The Hall–Kier alpha value is -1.52. The molecule has 0 N–H and O–H groups in total. The molecular weight excluding hydrogens is 234 g/mol. The van der Waals surface area contributed by atoms with Crippen LogP contribution in [-0.4, -0.2) is 29.8 Å². The van der Waals surface area contributed by atoms with Crippen LogP contribution in [0.5, 0.6) is 0 Å². The number of fused-ring (bicyclic) bond motifs is 5. The van der Waals surface area contributed by atoms with Gasteiger partial charge in [-0.05, 0) is 38.0 Å². The lowest BCUT2D eigenvalue weighted by Gasteiger charge is -2.17. The SMILES string of the molecule is CC(C)OC(=O)ON1CC2C3C=CC(C3)C2C1=O. The maximum Gasteiger partial charge on any atom is 0.533 e. The number of allylic oxidation sites excluding steroid dienone is 2. The van der Waals surface area contributed by atoms with Crippen LogP contribution in [0.2, 0.25) is 0 Å². The van der Waals surface area contributed by atoms with E-state index in [9.17, 15) is 9.59 Å². The fourth-order valence-electron chi connectivity index (χ4n) is 3.37. The van der Waals surface area contributed by atoms with E-state index >= 15 is 0 Å². The van der Waals surface area contributed by atoms with E-state index in [-0.39, 0.29) is 17.9 Å². The average molecular weight is 251 g/mol. The van der Waals surface area contributed by atoms with Gasteiger partial charge >= 0.3 is 6.16 Å². The predicted octanol–water partition coefficient (Wildman–Crippen LogP) is 1.74. The fourth-order valence-corrected chi connectivity index (χ4v) is 3.37. The zero-order valence-electron chi connectivity index (χ0n) is 10.5. The Morgan fingerprint density at radius 3 is 2.78 bits per heavy atom. The van der Waals surface area contributed by atoms with E-state index < -0.39 is 6.16 Å². The first-order chi connectivity index (χ1) is 8.56. The summed E-state index contributed by atoms with van der Waals surface area (Å²) in [6.07, 6.45) is 4.35. The summed E-state index contributed by atoms with van der Waals surface area (Å²) in [5.41, 5.74) is 0. The van der Waals surface area contributed by atoms with Gasteiger partial charge in [-0.1, -0.05) is 12.2 Å². The van der Waals surface area contributed by atoms with Crippen LogP contribution in [-0.2, 0) is 14.4 Å². The molecule has 2 bridgehead atoms. The molecule has 0 aromatic heterocycles. The van der Waals surface area contributed by atoms with Crippen molar-refractivity contribution in [1.29, 1.82) is 0 Å². The summed E-state index contributed by atoms with van der Waals surface area (Å²) in [7, 11) is 0. The van der Waals surface area contributed by atoms with Gasteiger partial charge < -0.3 is 9.57 Å². The van der Waals surface area contributed by atoms with Gasteiger partial charge in [0.2, 0.25) is 0 Å². The van der Waals surface area contributed by atoms with E-state index in [4.69, 9.17) is 9.57 Å². The summed E-state index contributed by atoms with van der Waals surface area (Å²) in [5, 5.41) is 1.19. The van der Waals surface area contributed by atoms with E-state index in [1.807, 2.05) is 0 Å².